The van der Waals surface area contributed by atoms with Crippen molar-refractivity contribution in [2.24, 2.45) is 4.99 Å². The topological polar surface area (TPSA) is 36.7 Å². The second-order valence-electron chi connectivity index (χ2n) is 6.54. The van der Waals surface area contributed by atoms with E-state index in [-0.39, 0.29) is 11.0 Å². The van der Waals surface area contributed by atoms with Crippen molar-refractivity contribution in [3.05, 3.63) is 35.1 Å². The fourth-order valence-corrected chi connectivity index (χ4v) is 2.89. The van der Waals surface area contributed by atoms with E-state index in [0.717, 1.165) is 18.7 Å². The van der Waals surface area contributed by atoms with Crippen LogP contribution in [0.5, 0.6) is 0 Å². The van der Waals surface area contributed by atoms with Gasteiger partial charge in [-0.1, -0.05) is 6.08 Å². The van der Waals surface area contributed by atoms with Crippen LogP contribution in [0.3, 0.4) is 0 Å². The first-order chi connectivity index (χ1) is 13.1. The van der Waals surface area contributed by atoms with Gasteiger partial charge in [0, 0.05) is 38.9 Å². The summed E-state index contributed by atoms with van der Waals surface area (Å²) in [5.74, 6) is -0.848. The molecule has 0 radical (unpaired) electrons. The van der Waals surface area contributed by atoms with Crippen LogP contribution in [0.2, 0.25) is 0 Å². The number of alkyl halides is 3. The molecule has 0 unspecified atom stereocenters. The van der Waals surface area contributed by atoms with Gasteiger partial charge >= 0.3 is 6.18 Å². The first kappa shape index (κ1) is 21.9. The van der Waals surface area contributed by atoms with Crippen molar-refractivity contribution in [2.75, 3.05) is 45.7 Å². The van der Waals surface area contributed by atoms with Crippen LogP contribution in [-0.2, 0) is 6.18 Å². The Kier molecular flexibility index (Phi) is 6.82. The Morgan fingerprint density at radius 1 is 1.21 bits per heavy atom. The van der Waals surface area contributed by atoms with Gasteiger partial charge in [-0.05, 0) is 34.0 Å². The molecule has 28 heavy (non-hydrogen) atoms. The average Bonchev–Trinajstić information content (AvgIpc) is 2.60. The van der Waals surface area contributed by atoms with E-state index in [1.807, 2.05) is 30.8 Å². The van der Waals surface area contributed by atoms with Crippen molar-refractivity contribution in [1.29, 1.82) is 0 Å². The molecular formula is C19H25F4N5. The first-order valence-electron chi connectivity index (χ1n) is 8.92. The minimum absolute atomic E-state index is 0.134. The Morgan fingerprint density at radius 3 is 2.39 bits per heavy atom. The summed E-state index contributed by atoms with van der Waals surface area (Å²) in [6.45, 7) is 5.71. The molecule has 0 saturated heterocycles. The Hall–Kier alpha value is -2.42. The molecular weight excluding hydrogens is 374 g/mol. The third-order valence-corrected chi connectivity index (χ3v) is 4.29. The number of hydrogen-bond donors (Lipinski definition) is 0. The number of halogens is 4. The zero-order valence-electron chi connectivity index (χ0n) is 16.7. The molecule has 0 saturated carbocycles. The number of rotatable bonds is 6. The molecule has 0 spiro atoms. The summed E-state index contributed by atoms with van der Waals surface area (Å²) in [5, 5.41) is 0. The third kappa shape index (κ3) is 4.52. The highest BCUT2D eigenvalue weighted by atomic mass is 19.4. The quantitative estimate of drug-likeness (QED) is 0.697. The molecule has 0 N–H and O–H groups in total. The van der Waals surface area contributed by atoms with Gasteiger partial charge in [0.2, 0.25) is 0 Å². The molecule has 2 aromatic rings. The summed E-state index contributed by atoms with van der Waals surface area (Å²) < 4.78 is 55.2. The first-order valence-corrected chi connectivity index (χ1v) is 8.92. The van der Waals surface area contributed by atoms with Gasteiger partial charge in [-0.3, -0.25) is 9.56 Å². The largest absolute Gasteiger partial charge is 0.419 e. The Bertz CT molecular complexity index is 929. The van der Waals surface area contributed by atoms with Crippen LogP contribution in [0.25, 0.3) is 17.2 Å². The molecule has 5 nitrogen and oxygen atoms in total. The number of benzene rings is 1. The van der Waals surface area contributed by atoms with E-state index in [0.29, 0.717) is 24.4 Å². The van der Waals surface area contributed by atoms with Crippen LogP contribution < -0.4 is 10.4 Å². The van der Waals surface area contributed by atoms with Crippen LogP contribution in [0, 0.1) is 5.82 Å². The summed E-state index contributed by atoms with van der Waals surface area (Å²) >= 11 is 0. The van der Waals surface area contributed by atoms with Gasteiger partial charge in [0.05, 0.1) is 16.6 Å². The van der Waals surface area contributed by atoms with E-state index >= 15 is 0 Å². The van der Waals surface area contributed by atoms with Gasteiger partial charge in [0.15, 0.2) is 11.3 Å². The van der Waals surface area contributed by atoms with Gasteiger partial charge in [0.25, 0.3) is 0 Å². The number of hydrogen-bond acceptors (Lipinski definition) is 4. The van der Waals surface area contributed by atoms with E-state index in [4.69, 9.17) is 0 Å². The molecule has 0 aliphatic rings. The van der Waals surface area contributed by atoms with Crippen molar-refractivity contribution in [1.82, 2.24) is 14.5 Å². The van der Waals surface area contributed by atoms with E-state index in [9.17, 15) is 17.6 Å². The summed E-state index contributed by atoms with van der Waals surface area (Å²) in [6.07, 6.45) is -1.51. The van der Waals surface area contributed by atoms with Crippen LogP contribution in [0.4, 0.5) is 23.4 Å². The predicted molar refractivity (Wildman–Crippen MR) is 104 cm³/mol. The number of fused-ring (bicyclic) bond motifs is 1. The maximum atomic E-state index is 14.2. The van der Waals surface area contributed by atoms with Gasteiger partial charge in [0.1, 0.15) is 5.82 Å². The van der Waals surface area contributed by atoms with Gasteiger partial charge in [-0.15, -0.1) is 0 Å². The van der Waals surface area contributed by atoms with E-state index in [2.05, 4.69) is 9.98 Å². The fraction of sp³-hybridized carbons (Fsp3) is 0.474. The lowest BCUT2D eigenvalue weighted by Gasteiger charge is -2.25. The highest BCUT2D eigenvalue weighted by Gasteiger charge is 2.35. The van der Waals surface area contributed by atoms with E-state index in [1.165, 1.54) is 4.57 Å². The lowest BCUT2D eigenvalue weighted by Crippen LogP contribution is -2.37. The molecule has 1 heterocycles. The molecule has 0 aliphatic heterocycles. The number of aromatic nitrogens is 2. The normalized spacial score (nSPS) is 13.3. The Morgan fingerprint density at radius 2 is 1.89 bits per heavy atom. The molecule has 0 aliphatic carbocycles. The van der Waals surface area contributed by atoms with Gasteiger partial charge in [-0.25, -0.2) is 9.37 Å². The van der Waals surface area contributed by atoms with Crippen molar-refractivity contribution in [3.63, 3.8) is 0 Å². The lowest BCUT2D eigenvalue weighted by atomic mass is 10.1. The van der Waals surface area contributed by atoms with Gasteiger partial charge < -0.3 is 9.80 Å². The number of anilines is 1. The Balaban J connectivity index is 2.84. The highest BCUT2D eigenvalue weighted by Crippen LogP contribution is 2.33. The minimum Gasteiger partial charge on any atom is -0.353 e. The zero-order valence-corrected chi connectivity index (χ0v) is 16.7. The Labute approximate surface area is 161 Å². The van der Waals surface area contributed by atoms with Crippen LogP contribution in [-0.4, -0.2) is 55.2 Å². The third-order valence-electron chi connectivity index (χ3n) is 4.29. The SMILES string of the molecule is C/C=C\n1c(=NC)c(N(CC)CCN(C)C)nc2cc(F)c(C(F)(F)F)cc21. The minimum atomic E-state index is -4.80. The molecule has 0 bridgehead atoms. The maximum absolute atomic E-state index is 14.2. The molecule has 0 fully saturated rings. The highest BCUT2D eigenvalue weighted by molar-refractivity contribution is 5.79. The predicted octanol–water partition coefficient (Wildman–Crippen LogP) is 3.60. The van der Waals surface area contributed by atoms with Crippen LogP contribution in [0.1, 0.15) is 19.4 Å². The fourth-order valence-electron chi connectivity index (χ4n) is 2.89. The number of nitrogens with zero attached hydrogens (tertiary/aromatic N) is 5. The second-order valence-corrected chi connectivity index (χ2v) is 6.54. The number of allylic oxidation sites excluding steroid dienone is 1. The van der Waals surface area contributed by atoms with Crippen molar-refractivity contribution in [3.8, 4) is 0 Å². The molecule has 2 rings (SSSR count). The van der Waals surface area contributed by atoms with Crippen molar-refractivity contribution >= 4 is 23.1 Å². The molecule has 1 aromatic heterocycles. The summed E-state index contributed by atoms with van der Waals surface area (Å²) in [4.78, 5) is 12.7. The summed E-state index contributed by atoms with van der Waals surface area (Å²) in [7, 11) is 5.45. The van der Waals surface area contributed by atoms with Crippen molar-refractivity contribution in [2.45, 2.75) is 20.0 Å². The van der Waals surface area contributed by atoms with E-state index in [1.54, 1.807) is 26.2 Å². The standard InChI is InChI=1S/C19H25F4N5/c1-6-8-28-16-11-13(19(21,22)23)14(20)12-15(16)25-18(17(28)24-3)27(7-2)10-9-26(4)5/h6,8,11-12H,7,9-10H2,1-5H3/b8-6-,24-17?. The van der Waals surface area contributed by atoms with Crippen LogP contribution in [0.15, 0.2) is 23.2 Å². The second kappa shape index (κ2) is 8.72. The molecule has 0 atom stereocenters. The van der Waals surface area contributed by atoms with Crippen molar-refractivity contribution < 1.29 is 17.6 Å². The molecule has 1 aromatic carbocycles. The van der Waals surface area contributed by atoms with Gasteiger partial charge in [-0.2, -0.15) is 13.2 Å². The zero-order chi connectivity index (χ0) is 21.1. The van der Waals surface area contributed by atoms with Crippen LogP contribution >= 0.6 is 0 Å². The summed E-state index contributed by atoms with van der Waals surface area (Å²) in [5.41, 5.74) is -0.644. The monoisotopic (exact) mass is 399 g/mol. The molecule has 0 amide bonds. The molecule has 9 heteroatoms. The summed E-state index contributed by atoms with van der Waals surface area (Å²) in [6, 6.07) is 1.62. The smallest absolute Gasteiger partial charge is 0.353 e. The lowest BCUT2D eigenvalue weighted by molar-refractivity contribution is -0.139. The average molecular weight is 399 g/mol. The van der Waals surface area contributed by atoms with E-state index < -0.39 is 17.6 Å². The molecule has 154 valence electrons. The number of likely N-dealkylation sites (N-methyl/N-ethyl adjacent to an activating group) is 2. The maximum Gasteiger partial charge on any atom is 0.419 e.